The van der Waals surface area contributed by atoms with Crippen molar-refractivity contribution >= 4 is 22.5 Å². The second kappa shape index (κ2) is 5.43. The lowest BCUT2D eigenvalue weighted by Crippen LogP contribution is -2.42. The first-order chi connectivity index (χ1) is 10.5. The van der Waals surface area contributed by atoms with Crippen molar-refractivity contribution in [2.24, 2.45) is 13.0 Å². The van der Waals surface area contributed by atoms with E-state index in [4.69, 9.17) is 6.57 Å². The number of aromatic nitrogens is 2. The number of anilines is 1. The summed E-state index contributed by atoms with van der Waals surface area (Å²) in [7, 11) is 1.70. The van der Waals surface area contributed by atoms with E-state index in [1.807, 2.05) is 6.92 Å². The molecule has 1 N–H and O–H groups in total. The van der Waals surface area contributed by atoms with Crippen molar-refractivity contribution in [1.29, 1.82) is 0 Å². The van der Waals surface area contributed by atoms with E-state index >= 15 is 0 Å². The average molecular weight is 298 g/mol. The van der Waals surface area contributed by atoms with Crippen LogP contribution in [-0.2, 0) is 7.05 Å². The molecule has 1 fully saturated rings. The Bertz CT molecular complexity index is 821. The van der Waals surface area contributed by atoms with Crippen molar-refractivity contribution in [2.45, 2.75) is 19.4 Å². The van der Waals surface area contributed by atoms with Crippen LogP contribution in [0.3, 0.4) is 0 Å². The smallest absolute Gasteiger partial charge is 0.270 e. The Kier molecular flexibility index (Phi) is 3.59. The fourth-order valence-corrected chi connectivity index (χ4v) is 2.96. The van der Waals surface area contributed by atoms with Crippen LogP contribution in [-0.4, -0.2) is 33.9 Å². The van der Waals surface area contributed by atoms with Gasteiger partial charge in [0.15, 0.2) is 0 Å². The Balaban J connectivity index is 2.18. The van der Waals surface area contributed by atoms with E-state index in [-0.39, 0.29) is 17.6 Å². The fraction of sp³-hybridized carbons (Fsp3) is 0.438. The van der Waals surface area contributed by atoms with Crippen molar-refractivity contribution in [3.63, 3.8) is 0 Å². The highest BCUT2D eigenvalue weighted by atomic mass is 16.3. The lowest BCUT2D eigenvalue weighted by Gasteiger charge is -2.35. The molecule has 1 aliphatic rings. The molecule has 6 heteroatoms. The normalized spacial score (nSPS) is 21.8. The molecule has 3 heterocycles. The second-order valence-corrected chi connectivity index (χ2v) is 5.86. The predicted molar refractivity (Wildman–Crippen MR) is 85.2 cm³/mol. The molecule has 0 aromatic carbocycles. The number of hydrogen-bond acceptors (Lipinski definition) is 4. The van der Waals surface area contributed by atoms with Gasteiger partial charge in [0, 0.05) is 26.2 Å². The van der Waals surface area contributed by atoms with Gasteiger partial charge >= 0.3 is 0 Å². The molecule has 1 saturated heterocycles. The Labute approximate surface area is 128 Å². The standard InChI is InChI=1S/C16H18N4O2/c1-10-9-20(7-6-13(10)21)12-8-15(22)19(3)11-4-5-14(17-2)18-16(11)12/h4-5,8,10,13,21H,6-7,9H2,1,3H3/t10-,13+/m1/s1. The van der Waals surface area contributed by atoms with Gasteiger partial charge in [0.2, 0.25) is 5.52 Å². The molecule has 0 radical (unpaired) electrons. The minimum absolute atomic E-state index is 0.0985. The van der Waals surface area contributed by atoms with Crippen LogP contribution in [0.15, 0.2) is 23.0 Å². The topological polar surface area (TPSA) is 62.7 Å². The van der Waals surface area contributed by atoms with Gasteiger partial charge in [-0.2, -0.15) is 0 Å². The van der Waals surface area contributed by atoms with Crippen molar-refractivity contribution in [2.75, 3.05) is 18.0 Å². The second-order valence-electron chi connectivity index (χ2n) is 5.86. The maximum atomic E-state index is 12.2. The van der Waals surface area contributed by atoms with Gasteiger partial charge in [-0.25, -0.2) is 0 Å². The maximum Gasteiger partial charge on any atom is 0.270 e. The Morgan fingerprint density at radius 2 is 2.23 bits per heavy atom. The molecule has 22 heavy (non-hydrogen) atoms. The van der Waals surface area contributed by atoms with Crippen LogP contribution in [0, 0.1) is 12.5 Å². The van der Waals surface area contributed by atoms with Crippen LogP contribution in [0.4, 0.5) is 11.5 Å². The summed E-state index contributed by atoms with van der Waals surface area (Å²) in [5.41, 5.74) is 2.04. The molecule has 0 spiro atoms. The van der Waals surface area contributed by atoms with Gasteiger partial charge in [0.05, 0.1) is 17.3 Å². The number of rotatable bonds is 1. The fourth-order valence-electron chi connectivity index (χ4n) is 2.96. The molecule has 2 atom stereocenters. The summed E-state index contributed by atoms with van der Waals surface area (Å²) < 4.78 is 1.54. The van der Waals surface area contributed by atoms with E-state index in [0.717, 1.165) is 5.69 Å². The summed E-state index contributed by atoms with van der Waals surface area (Å²) in [6.07, 6.45) is 0.362. The predicted octanol–water partition coefficient (Wildman–Crippen LogP) is 1.69. The zero-order chi connectivity index (χ0) is 15.9. The molecular formula is C16H18N4O2. The van der Waals surface area contributed by atoms with Gasteiger partial charge in [-0.3, -0.25) is 4.79 Å². The van der Waals surface area contributed by atoms with Gasteiger partial charge in [-0.1, -0.05) is 13.5 Å². The molecule has 114 valence electrons. The zero-order valence-electron chi connectivity index (χ0n) is 12.7. The summed E-state index contributed by atoms with van der Waals surface area (Å²) in [5.74, 6) is 0.453. The van der Waals surface area contributed by atoms with Crippen molar-refractivity contribution < 1.29 is 5.11 Å². The molecule has 0 bridgehead atoms. The van der Waals surface area contributed by atoms with E-state index in [1.165, 1.54) is 0 Å². The zero-order valence-corrected chi connectivity index (χ0v) is 12.7. The van der Waals surface area contributed by atoms with Crippen LogP contribution >= 0.6 is 0 Å². The SMILES string of the molecule is [C-]#[N+]c1ccc2c(n1)c(N1CC[C@H](O)[C@H](C)C1)cc(=O)n2C. The summed E-state index contributed by atoms with van der Waals surface area (Å²) in [6.45, 7) is 10.5. The third-order valence-electron chi connectivity index (χ3n) is 4.37. The first kappa shape index (κ1) is 14.5. The Morgan fingerprint density at radius 3 is 2.91 bits per heavy atom. The summed E-state index contributed by atoms with van der Waals surface area (Å²) in [4.78, 5) is 22.1. The van der Waals surface area contributed by atoms with Crippen LogP contribution in [0.1, 0.15) is 13.3 Å². The third-order valence-corrected chi connectivity index (χ3v) is 4.37. The van der Waals surface area contributed by atoms with E-state index in [0.29, 0.717) is 36.4 Å². The Hall–Kier alpha value is -2.39. The number of aliphatic hydroxyl groups excluding tert-OH is 1. The number of fused-ring (bicyclic) bond motifs is 1. The van der Waals surface area contributed by atoms with Crippen LogP contribution in [0.25, 0.3) is 15.9 Å². The molecule has 3 rings (SSSR count). The summed E-state index contributed by atoms with van der Waals surface area (Å²) in [6, 6.07) is 4.97. The highest BCUT2D eigenvalue weighted by Crippen LogP contribution is 2.29. The third kappa shape index (κ3) is 2.34. The minimum atomic E-state index is -0.305. The van der Waals surface area contributed by atoms with Crippen LogP contribution < -0.4 is 10.5 Å². The van der Waals surface area contributed by atoms with E-state index < -0.39 is 0 Å². The summed E-state index contributed by atoms with van der Waals surface area (Å²) >= 11 is 0. The van der Waals surface area contributed by atoms with Crippen molar-refractivity contribution in [1.82, 2.24) is 9.55 Å². The van der Waals surface area contributed by atoms with E-state index in [1.54, 1.807) is 29.8 Å². The monoisotopic (exact) mass is 298 g/mol. The van der Waals surface area contributed by atoms with Gasteiger partial charge < -0.3 is 19.4 Å². The molecule has 0 amide bonds. The van der Waals surface area contributed by atoms with Gasteiger partial charge in [0.25, 0.3) is 11.4 Å². The van der Waals surface area contributed by atoms with E-state index in [2.05, 4.69) is 14.7 Å². The van der Waals surface area contributed by atoms with Gasteiger partial charge in [0.1, 0.15) is 0 Å². The number of pyridine rings is 2. The van der Waals surface area contributed by atoms with Gasteiger partial charge in [-0.05, 0) is 24.5 Å². The van der Waals surface area contributed by atoms with Crippen molar-refractivity contribution in [3.05, 3.63) is 40.0 Å². The van der Waals surface area contributed by atoms with Crippen LogP contribution in [0.5, 0.6) is 0 Å². The summed E-state index contributed by atoms with van der Waals surface area (Å²) in [5, 5.41) is 9.89. The van der Waals surface area contributed by atoms with E-state index in [9.17, 15) is 9.90 Å². The van der Waals surface area contributed by atoms with Crippen LogP contribution in [0.2, 0.25) is 0 Å². The molecular weight excluding hydrogens is 280 g/mol. The minimum Gasteiger partial charge on any atom is -0.393 e. The lowest BCUT2D eigenvalue weighted by molar-refractivity contribution is 0.0971. The molecule has 2 aromatic rings. The number of piperidine rings is 1. The number of aliphatic hydroxyl groups is 1. The number of hydrogen-bond donors (Lipinski definition) is 1. The molecule has 0 aliphatic carbocycles. The molecule has 0 saturated carbocycles. The molecule has 6 nitrogen and oxygen atoms in total. The molecule has 2 aromatic heterocycles. The molecule has 0 unspecified atom stereocenters. The average Bonchev–Trinajstić information content (AvgIpc) is 2.53. The number of nitrogens with zero attached hydrogens (tertiary/aromatic N) is 4. The largest absolute Gasteiger partial charge is 0.393 e. The number of aryl methyl sites for hydroxylation is 1. The highest BCUT2D eigenvalue weighted by molar-refractivity contribution is 5.89. The first-order valence-corrected chi connectivity index (χ1v) is 7.32. The quantitative estimate of drug-likeness (QED) is 0.814. The Morgan fingerprint density at radius 1 is 1.45 bits per heavy atom. The lowest BCUT2D eigenvalue weighted by atomic mass is 9.96. The van der Waals surface area contributed by atoms with Gasteiger partial charge in [-0.15, -0.1) is 4.98 Å². The maximum absolute atomic E-state index is 12.2. The highest BCUT2D eigenvalue weighted by Gasteiger charge is 2.27. The first-order valence-electron chi connectivity index (χ1n) is 7.32. The van der Waals surface area contributed by atoms with Crippen molar-refractivity contribution in [3.8, 4) is 0 Å². The molecule has 1 aliphatic heterocycles.